The van der Waals surface area contributed by atoms with E-state index >= 15 is 0 Å². The van der Waals surface area contributed by atoms with E-state index < -0.39 is 10.0 Å². The number of sulfonamides is 1. The van der Waals surface area contributed by atoms with Gasteiger partial charge >= 0.3 is 0 Å². The van der Waals surface area contributed by atoms with Gasteiger partial charge in [0.2, 0.25) is 10.0 Å². The van der Waals surface area contributed by atoms with Gasteiger partial charge in [0.05, 0.1) is 5.25 Å². The standard InChI is InChI=1S/C10H22N2O2S/c1-9(2)15(13,14)12-7-5-10(6-8-12)11(3)4/h9-10H,5-8H2,1-4H3. The predicted octanol–water partition coefficient (Wildman–Crippen LogP) is 0.751. The van der Waals surface area contributed by atoms with Crippen LogP contribution in [0.3, 0.4) is 0 Å². The first-order valence-corrected chi connectivity index (χ1v) is 7.01. The molecule has 1 aliphatic heterocycles. The quantitative estimate of drug-likeness (QED) is 0.723. The van der Waals surface area contributed by atoms with Gasteiger partial charge in [-0.15, -0.1) is 0 Å². The molecule has 1 aliphatic rings. The summed E-state index contributed by atoms with van der Waals surface area (Å²) in [5, 5.41) is -0.298. The van der Waals surface area contributed by atoms with Crippen molar-refractivity contribution < 1.29 is 8.42 Å². The molecule has 0 aromatic heterocycles. The van der Waals surface area contributed by atoms with Crippen molar-refractivity contribution in [2.45, 2.75) is 38.0 Å². The van der Waals surface area contributed by atoms with Crippen LogP contribution in [0.1, 0.15) is 26.7 Å². The maximum atomic E-state index is 11.9. The van der Waals surface area contributed by atoms with E-state index in [9.17, 15) is 8.42 Å². The number of nitrogens with zero attached hydrogens (tertiary/aromatic N) is 2. The smallest absolute Gasteiger partial charge is 0.216 e. The average Bonchev–Trinajstić information content (AvgIpc) is 2.17. The molecule has 0 bridgehead atoms. The first-order valence-electron chi connectivity index (χ1n) is 5.51. The molecule has 1 saturated heterocycles. The third kappa shape index (κ3) is 2.92. The van der Waals surface area contributed by atoms with Gasteiger partial charge in [-0.25, -0.2) is 12.7 Å². The Morgan fingerprint density at radius 3 is 2.00 bits per heavy atom. The minimum absolute atomic E-state index is 0.298. The van der Waals surface area contributed by atoms with E-state index in [1.165, 1.54) is 0 Å². The van der Waals surface area contributed by atoms with Gasteiger partial charge in [0.25, 0.3) is 0 Å². The van der Waals surface area contributed by atoms with Gasteiger partial charge in [-0.05, 0) is 40.8 Å². The molecule has 0 unspecified atom stereocenters. The van der Waals surface area contributed by atoms with E-state index in [1.54, 1.807) is 18.2 Å². The summed E-state index contributed by atoms with van der Waals surface area (Å²) < 4.78 is 25.4. The minimum Gasteiger partial charge on any atom is -0.306 e. The number of hydrogen-bond donors (Lipinski definition) is 0. The third-order valence-electron chi connectivity index (χ3n) is 3.11. The second kappa shape index (κ2) is 4.80. The summed E-state index contributed by atoms with van der Waals surface area (Å²) in [6.45, 7) is 4.83. The zero-order valence-electron chi connectivity index (χ0n) is 10.1. The monoisotopic (exact) mass is 234 g/mol. The Kier molecular flexibility index (Phi) is 4.14. The van der Waals surface area contributed by atoms with Crippen molar-refractivity contribution in [1.29, 1.82) is 0 Å². The van der Waals surface area contributed by atoms with Crippen LogP contribution in [0.25, 0.3) is 0 Å². The summed E-state index contributed by atoms with van der Waals surface area (Å²) >= 11 is 0. The Morgan fingerprint density at radius 2 is 1.67 bits per heavy atom. The highest BCUT2D eigenvalue weighted by atomic mass is 32.2. The number of hydrogen-bond acceptors (Lipinski definition) is 3. The molecule has 0 amide bonds. The molecule has 4 nitrogen and oxygen atoms in total. The summed E-state index contributed by atoms with van der Waals surface area (Å²) in [6, 6.07) is 0.531. The molecule has 1 rings (SSSR count). The summed E-state index contributed by atoms with van der Waals surface area (Å²) in [4.78, 5) is 2.18. The van der Waals surface area contributed by atoms with Crippen LogP contribution in [-0.2, 0) is 10.0 Å². The van der Waals surface area contributed by atoms with Crippen molar-refractivity contribution in [1.82, 2.24) is 9.21 Å². The Bertz CT molecular complexity index is 291. The van der Waals surface area contributed by atoms with E-state index in [1.807, 2.05) is 0 Å². The second-order valence-electron chi connectivity index (χ2n) is 4.69. The number of piperidine rings is 1. The van der Waals surface area contributed by atoms with Gasteiger partial charge < -0.3 is 4.90 Å². The summed E-state index contributed by atoms with van der Waals surface area (Å²) in [5.74, 6) is 0. The highest BCUT2D eigenvalue weighted by molar-refractivity contribution is 7.89. The highest BCUT2D eigenvalue weighted by Gasteiger charge is 2.30. The first kappa shape index (κ1) is 12.9. The summed E-state index contributed by atoms with van der Waals surface area (Å²) in [5.41, 5.74) is 0. The average molecular weight is 234 g/mol. The fraction of sp³-hybridized carbons (Fsp3) is 1.00. The molecule has 0 saturated carbocycles. The Morgan fingerprint density at radius 1 is 1.20 bits per heavy atom. The van der Waals surface area contributed by atoms with E-state index in [-0.39, 0.29) is 5.25 Å². The van der Waals surface area contributed by atoms with Gasteiger partial charge in [0.1, 0.15) is 0 Å². The topological polar surface area (TPSA) is 40.6 Å². The van der Waals surface area contributed by atoms with Crippen molar-refractivity contribution in [2.75, 3.05) is 27.2 Å². The van der Waals surface area contributed by atoms with Crippen LogP contribution in [0.2, 0.25) is 0 Å². The van der Waals surface area contributed by atoms with Crippen LogP contribution in [0.4, 0.5) is 0 Å². The van der Waals surface area contributed by atoms with Gasteiger partial charge in [-0.2, -0.15) is 0 Å². The van der Waals surface area contributed by atoms with Crippen molar-refractivity contribution >= 4 is 10.0 Å². The van der Waals surface area contributed by atoms with Crippen LogP contribution in [0.15, 0.2) is 0 Å². The maximum absolute atomic E-state index is 11.9. The molecule has 1 fully saturated rings. The number of rotatable bonds is 3. The lowest BCUT2D eigenvalue weighted by molar-refractivity contribution is 0.196. The Labute approximate surface area is 93.3 Å². The van der Waals surface area contributed by atoms with Crippen molar-refractivity contribution in [3.05, 3.63) is 0 Å². The summed E-state index contributed by atoms with van der Waals surface area (Å²) in [6.07, 6.45) is 1.89. The molecule has 1 heterocycles. The van der Waals surface area contributed by atoms with E-state index in [0.717, 1.165) is 12.8 Å². The summed E-state index contributed by atoms with van der Waals surface area (Å²) in [7, 11) is 1.07. The zero-order chi connectivity index (χ0) is 11.6. The maximum Gasteiger partial charge on any atom is 0.216 e. The zero-order valence-corrected chi connectivity index (χ0v) is 10.9. The molecule has 0 N–H and O–H groups in total. The van der Waals surface area contributed by atoms with Gasteiger partial charge in [0, 0.05) is 19.1 Å². The lowest BCUT2D eigenvalue weighted by atomic mass is 10.1. The van der Waals surface area contributed by atoms with Crippen molar-refractivity contribution in [3.63, 3.8) is 0 Å². The van der Waals surface area contributed by atoms with Crippen LogP contribution in [0.5, 0.6) is 0 Å². The van der Waals surface area contributed by atoms with Crippen molar-refractivity contribution in [2.24, 2.45) is 0 Å². The fourth-order valence-electron chi connectivity index (χ4n) is 1.91. The molecule has 0 aromatic rings. The Balaban J connectivity index is 2.58. The lowest BCUT2D eigenvalue weighted by Gasteiger charge is -2.35. The molecule has 0 atom stereocenters. The van der Waals surface area contributed by atoms with Crippen molar-refractivity contribution in [3.8, 4) is 0 Å². The molecule has 0 spiro atoms. The van der Waals surface area contributed by atoms with Crippen LogP contribution in [0, 0.1) is 0 Å². The molecule has 90 valence electrons. The van der Waals surface area contributed by atoms with Gasteiger partial charge in [0.15, 0.2) is 0 Å². The molecule has 0 aliphatic carbocycles. The SMILES string of the molecule is CC(C)S(=O)(=O)N1CCC(N(C)C)CC1. The Hall–Kier alpha value is -0.130. The molecule has 15 heavy (non-hydrogen) atoms. The first-order chi connectivity index (χ1) is 6.85. The van der Waals surface area contributed by atoms with Gasteiger partial charge in [-0.1, -0.05) is 0 Å². The normalized spacial score (nSPS) is 21.5. The molecular formula is C10H22N2O2S. The van der Waals surface area contributed by atoms with Crippen LogP contribution < -0.4 is 0 Å². The van der Waals surface area contributed by atoms with Gasteiger partial charge in [-0.3, -0.25) is 0 Å². The predicted molar refractivity (Wildman–Crippen MR) is 62.3 cm³/mol. The second-order valence-corrected chi connectivity index (χ2v) is 7.18. The highest BCUT2D eigenvalue weighted by Crippen LogP contribution is 2.19. The fourth-order valence-corrected chi connectivity index (χ4v) is 3.23. The molecular weight excluding hydrogens is 212 g/mol. The van der Waals surface area contributed by atoms with E-state index in [0.29, 0.717) is 19.1 Å². The molecule has 0 radical (unpaired) electrons. The van der Waals surface area contributed by atoms with Crippen LogP contribution in [-0.4, -0.2) is 56.1 Å². The molecule has 5 heteroatoms. The van der Waals surface area contributed by atoms with E-state index in [4.69, 9.17) is 0 Å². The molecule has 0 aromatic carbocycles. The van der Waals surface area contributed by atoms with Crippen LogP contribution >= 0.6 is 0 Å². The minimum atomic E-state index is -3.03. The van der Waals surface area contributed by atoms with E-state index in [2.05, 4.69) is 19.0 Å². The largest absolute Gasteiger partial charge is 0.306 e. The third-order valence-corrected chi connectivity index (χ3v) is 5.39. The lowest BCUT2D eigenvalue weighted by Crippen LogP contribution is -2.46.